The Bertz CT molecular complexity index is 352. The Balaban J connectivity index is 2.65. The fourth-order valence-electron chi connectivity index (χ4n) is 1.53. The van der Waals surface area contributed by atoms with Gasteiger partial charge in [0, 0.05) is 12.0 Å². The van der Waals surface area contributed by atoms with Crippen molar-refractivity contribution in [2.75, 3.05) is 0 Å². The van der Waals surface area contributed by atoms with E-state index >= 15 is 0 Å². The third kappa shape index (κ3) is 4.30. The molecule has 0 saturated carbocycles. The number of carbonyl (C=O) groups is 1. The van der Waals surface area contributed by atoms with Gasteiger partial charge in [-0.1, -0.05) is 56.2 Å². The predicted molar refractivity (Wildman–Crippen MR) is 65.4 cm³/mol. The molecule has 0 aromatic heterocycles. The quantitative estimate of drug-likeness (QED) is 0.586. The fraction of sp³-hybridized carbons (Fsp3) is 0.357. The van der Waals surface area contributed by atoms with E-state index in [4.69, 9.17) is 5.11 Å². The highest BCUT2D eigenvalue weighted by Gasteiger charge is 2.07. The van der Waals surface area contributed by atoms with Crippen molar-refractivity contribution in [3.05, 3.63) is 47.5 Å². The average molecular weight is 218 g/mol. The molecule has 1 aromatic carbocycles. The van der Waals surface area contributed by atoms with Gasteiger partial charge in [0.1, 0.15) is 0 Å². The average Bonchev–Trinajstić information content (AvgIpc) is 2.29. The van der Waals surface area contributed by atoms with Gasteiger partial charge in [0.15, 0.2) is 0 Å². The standard InChI is InChI=1S/C14H18O2/c1-2-3-5-10-13(14(15)16)11-12-8-6-4-7-9-12/h4,6-10H,2-3,5,11H2,1H3,(H,15,16). The topological polar surface area (TPSA) is 37.3 Å². The van der Waals surface area contributed by atoms with Crippen molar-refractivity contribution in [1.82, 2.24) is 0 Å². The summed E-state index contributed by atoms with van der Waals surface area (Å²) in [4.78, 5) is 11.0. The molecular weight excluding hydrogens is 200 g/mol. The molecule has 0 amide bonds. The summed E-state index contributed by atoms with van der Waals surface area (Å²) in [5, 5.41) is 9.07. The minimum absolute atomic E-state index is 0.500. The van der Waals surface area contributed by atoms with Gasteiger partial charge in [-0.05, 0) is 12.0 Å². The third-order valence-corrected chi connectivity index (χ3v) is 2.46. The normalized spacial score (nSPS) is 11.4. The lowest BCUT2D eigenvalue weighted by Gasteiger charge is -2.02. The van der Waals surface area contributed by atoms with Gasteiger partial charge in [0.2, 0.25) is 0 Å². The Labute approximate surface area is 96.6 Å². The third-order valence-electron chi connectivity index (χ3n) is 2.46. The van der Waals surface area contributed by atoms with E-state index < -0.39 is 5.97 Å². The second kappa shape index (κ2) is 6.83. The van der Waals surface area contributed by atoms with Gasteiger partial charge in [-0.3, -0.25) is 0 Å². The first-order valence-corrected chi connectivity index (χ1v) is 5.70. The number of allylic oxidation sites excluding steroid dienone is 1. The first kappa shape index (κ1) is 12.5. The summed E-state index contributed by atoms with van der Waals surface area (Å²) in [6.45, 7) is 2.10. The summed E-state index contributed by atoms with van der Waals surface area (Å²) in [5.74, 6) is -0.806. The largest absolute Gasteiger partial charge is 0.478 e. The lowest BCUT2D eigenvalue weighted by Crippen LogP contribution is -2.03. The zero-order valence-electron chi connectivity index (χ0n) is 9.65. The minimum atomic E-state index is -0.806. The van der Waals surface area contributed by atoms with E-state index in [9.17, 15) is 4.79 Å². The van der Waals surface area contributed by atoms with E-state index in [0.29, 0.717) is 12.0 Å². The summed E-state index contributed by atoms with van der Waals surface area (Å²) in [6.07, 6.45) is 5.35. The van der Waals surface area contributed by atoms with E-state index in [-0.39, 0.29) is 0 Å². The van der Waals surface area contributed by atoms with Crippen LogP contribution in [-0.4, -0.2) is 11.1 Å². The number of hydrogen-bond donors (Lipinski definition) is 1. The van der Waals surface area contributed by atoms with Crippen LogP contribution in [0.15, 0.2) is 42.0 Å². The van der Waals surface area contributed by atoms with Gasteiger partial charge in [0.25, 0.3) is 0 Å². The summed E-state index contributed by atoms with van der Waals surface area (Å²) in [5.41, 5.74) is 1.55. The fourth-order valence-corrected chi connectivity index (χ4v) is 1.53. The molecule has 0 aliphatic rings. The summed E-state index contributed by atoms with van der Waals surface area (Å²) in [6, 6.07) is 9.71. The molecule has 0 radical (unpaired) electrons. The predicted octanol–water partition coefficient (Wildman–Crippen LogP) is 3.43. The number of carboxylic acids is 1. The van der Waals surface area contributed by atoms with Gasteiger partial charge in [0.05, 0.1) is 0 Å². The van der Waals surface area contributed by atoms with Crippen LogP contribution < -0.4 is 0 Å². The molecule has 2 nitrogen and oxygen atoms in total. The Morgan fingerprint density at radius 2 is 2.00 bits per heavy atom. The molecular formula is C14H18O2. The molecule has 1 rings (SSSR count). The Hall–Kier alpha value is -1.57. The molecule has 0 unspecified atom stereocenters. The van der Waals surface area contributed by atoms with Crippen molar-refractivity contribution in [3.8, 4) is 0 Å². The second-order valence-electron chi connectivity index (χ2n) is 3.84. The zero-order valence-corrected chi connectivity index (χ0v) is 9.65. The highest BCUT2D eigenvalue weighted by atomic mass is 16.4. The van der Waals surface area contributed by atoms with Crippen molar-refractivity contribution in [2.45, 2.75) is 32.6 Å². The van der Waals surface area contributed by atoms with Crippen LogP contribution in [-0.2, 0) is 11.2 Å². The van der Waals surface area contributed by atoms with Crippen molar-refractivity contribution in [1.29, 1.82) is 0 Å². The lowest BCUT2D eigenvalue weighted by atomic mass is 10.0. The maximum Gasteiger partial charge on any atom is 0.331 e. The summed E-state index contributed by atoms with van der Waals surface area (Å²) in [7, 11) is 0. The van der Waals surface area contributed by atoms with E-state index in [0.717, 1.165) is 24.8 Å². The Kier molecular flexibility index (Phi) is 5.34. The van der Waals surface area contributed by atoms with Gasteiger partial charge in [-0.15, -0.1) is 0 Å². The molecule has 0 heterocycles. The van der Waals surface area contributed by atoms with E-state index in [1.807, 2.05) is 36.4 Å². The molecule has 1 N–H and O–H groups in total. The first-order chi connectivity index (χ1) is 7.74. The monoisotopic (exact) mass is 218 g/mol. The van der Waals surface area contributed by atoms with Crippen LogP contribution in [0.1, 0.15) is 31.7 Å². The van der Waals surface area contributed by atoms with Crippen LogP contribution in [0.5, 0.6) is 0 Å². The van der Waals surface area contributed by atoms with E-state index in [1.54, 1.807) is 0 Å². The van der Waals surface area contributed by atoms with Gasteiger partial charge < -0.3 is 5.11 Å². The molecule has 0 saturated heterocycles. The van der Waals surface area contributed by atoms with Crippen LogP contribution in [0.25, 0.3) is 0 Å². The molecule has 0 aliphatic heterocycles. The van der Waals surface area contributed by atoms with Crippen LogP contribution in [0.4, 0.5) is 0 Å². The van der Waals surface area contributed by atoms with Crippen LogP contribution >= 0.6 is 0 Å². The lowest BCUT2D eigenvalue weighted by molar-refractivity contribution is -0.132. The number of aliphatic carboxylic acids is 1. The molecule has 0 spiro atoms. The first-order valence-electron chi connectivity index (χ1n) is 5.70. The van der Waals surface area contributed by atoms with Crippen LogP contribution in [0.3, 0.4) is 0 Å². The van der Waals surface area contributed by atoms with E-state index in [1.165, 1.54) is 0 Å². The van der Waals surface area contributed by atoms with Crippen LogP contribution in [0.2, 0.25) is 0 Å². The van der Waals surface area contributed by atoms with Crippen molar-refractivity contribution >= 4 is 5.97 Å². The number of rotatable bonds is 6. The second-order valence-corrected chi connectivity index (χ2v) is 3.84. The molecule has 16 heavy (non-hydrogen) atoms. The number of benzene rings is 1. The highest BCUT2D eigenvalue weighted by Crippen LogP contribution is 2.10. The molecule has 86 valence electrons. The molecule has 0 aliphatic carbocycles. The zero-order chi connectivity index (χ0) is 11.8. The number of unbranched alkanes of at least 4 members (excludes halogenated alkanes) is 2. The van der Waals surface area contributed by atoms with Gasteiger partial charge >= 0.3 is 5.97 Å². The SMILES string of the molecule is CCCCC=C(Cc1ccccc1)C(=O)O. The van der Waals surface area contributed by atoms with Crippen molar-refractivity contribution in [3.63, 3.8) is 0 Å². The maximum atomic E-state index is 11.0. The van der Waals surface area contributed by atoms with Crippen molar-refractivity contribution in [2.24, 2.45) is 0 Å². The number of carboxylic acid groups (broad SMARTS) is 1. The van der Waals surface area contributed by atoms with Crippen molar-refractivity contribution < 1.29 is 9.90 Å². The van der Waals surface area contributed by atoms with Gasteiger partial charge in [-0.25, -0.2) is 4.79 Å². The molecule has 0 bridgehead atoms. The highest BCUT2D eigenvalue weighted by molar-refractivity contribution is 5.87. The summed E-state index contributed by atoms with van der Waals surface area (Å²) < 4.78 is 0. The number of hydrogen-bond acceptors (Lipinski definition) is 1. The molecule has 2 heteroatoms. The smallest absolute Gasteiger partial charge is 0.331 e. The Morgan fingerprint density at radius 1 is 1.31 bits per heavy atom. The maximum absolute atomic E-state index is 11.0. The molecule has 0 atom stereocenters. The Morgan fingerprint density at radius 3 is 2.56 bits per heavy atom. The van der Waals surface area contributed by atoms with E-state index in [2.05, 4.69) is 6.92 Å². The van der Waals surface area contributed by atoms with Gasteiger partial charge in [-0.2, -0.15) is 0 Å². The molecule has 1 aromatic rings. The van der Waals surface area contributed by atoms with Crippen LogP contribution in [0, 0.1) is 0 Å². The molecule has 0 fully saturated rings. The minimum Gasteiger partial charge on any atom is -0.478 e. The summed E-state index contributed by atoms with van der Waals surface area (Å²) >= 11 is 0.